The third kappa shape index (κ3) is 8.07. The standard InChI is InChI=1S/C34H44N10O3/c1-22(2)45-33-31(19-44(41-33)30-10-8-29(9-11-30)42-16-23(3)46-24(4)17-42)40-34-37-14-28(15-38-34)26-6-7-27(13-35)32(12-26)47-25(5)18-43-21-36-20-39-43/h6-7,12,14-15,19-25,29-30H,8-11,16-18H2,1-5H3,(H,37,38,40)/t23-,24+,25-,29?,30?/m0/s1. The average molecular weight is 641 g/mol. The molecule has 0 unspecified atom stereocenters. The van der Waals surface area contributed by atoms with Crippen LogP contribution in [0.25, 0.3) is 11.1 Å². The van der Waals surface area contributed by atoms with E-state index in [2.05, 4.69) is 54.9 Å². The minimum absolute atomic E-state index is 0.0324. The summed E-state index contributed by atoms with van der Waals surface area (Å²) in [6, 6.07) is 8.57. The van der Waals surface area contributed by atoms with Crippen molar-refractivity contribution in [1.82, 2.24) is 39.4 Å². The van der Waals surface area contributed by atoms with Crippen LogP contribution in [0.3, 0.4) is 0 Å². The summed E-state index contributed by atoms with van der Waals surface area (Å²) in [6.07, 6.45) is 13.3. The molecule has 4 heterocycles. The second-order valence-electron chi connectivity index (χ2n) is 13.0. The Labute approximate surface area is 275 Å². The number of nitrogens with one attached hydrogen (secondary N) is 1. The molecule has 6 rings (SSSR count). The van der Waals surface area contributed by atoms with Crippen molar-refractivity contribution < 1.29 is 14.2 Å². The Bertz CT molecular complexity index is 1630. The maximum absolute atomic E-state index is 9.66. The number of benzene rings is 1. The fraction of sp³-hybridized carbons (Fsp3) is 0.529. The van der Waals surface area contributed by atoms with Crippen molar-refractivity contribution in [3.8, 4) is 28.8 Å². The Balaban J connectivity index is 1.12. The van der Waals surface area contributed by atoms with Crippen LogP contribution in [0.2, 0.25) is 0 Å². The van der Waals surface area contributed by atoms with Crippen molar-refractivity contribution in [2.75, 3.05) is 18.4 Å². The molecule has 0 bridgehead atoms. The molecule has 2 aliphatic rings. The molecule has 3 atom stereocenters. The lowest BCUT2D eigenvalue weighted by atomic mass is 9.89. The highest BCUT2D eigenvalue weighted by molar-refractivity contribution is 5.67. The van der Waals surface area contributed by atoms with Crippen molar-refractivity contribution in [3.63, 3.8) is 0 Å². The lowest BCUT2D eigenvalue weighted by Gasteiger charge is -2.42. The molecule has 0 amide bonds. The second-order valence-corrected chi connectivity index (χ2v) is 13.0. The molecule has 1 saturated carbocycles. The van der Waals surface area contributed by atoms with Gasteiger partial charge >= 0.3 is 0 Å². The fourth-order valence-electron chi connectivity index (χ4n) is 6.56. The summed E-state index contributed by atoms with van der Waals surface area (Å²) in [5, 5.41) is 22.0. The first-order chi connectivity index (χ1) is 22.7. The molecular weight excluding hydrogens is 596 g/mol. The minimum Gasteiger partial charge on any atom is -0.487 e. The van der Waals surface area contributed by atoms with Crippen LogP contribution in [0.15, 0.2) is 49.4 Å². The highest BCUT2D eigenvalue weighted by atomic mass is 16.5. The van der Waals surface area contributed by atoms with E-state index in [9.17, 15) is 5.26 Å². The number of nitriles is 1. The number of anilines is 2. The van der Waals surface area contributed by atoms with E-state index in [0.29, 0.717) is 41.8 Å². The van der Waals surface area contributed by atoms with E-state index in [4.69, 9.17) is 19.3 Å². The lowest BCUT2D eigenvalue weighted by molar-refractivity contribution is -0.0852. The van der Waals surface area contributed by atoms with Gasteiger partial charge in [-0.1, -0.05) is 6.07 Å². The zero-order valence-corrected chi connectivity index (χ0v) is 27.8. The SMILES string of the molecule is CC(C)Oc1nn(C2CCC(N3C[C@@H](C)O[C@@H](C)C3)CC2)cc1Nc1ncc(-c2ccc(C#N)c(O[C@@H](C)Cn3cncn3)c2)cn1. The van der Waals surface area contributed by atoms with Gasteiger partial charge in [0.15, 0.2) is 0 Å². The van der Waals surface area contributed by atoms with Crippen LogP contribution in [0.1, 0.15) is 71.9 Å². The summed E-state index contributed by atoms with van der Waals surface area (Å²) in [7, 11) is 0. The number of hydrogen-bond donors (Lipinski definition) is 1. The predicted molar refractivity (Wildman–Crippen MR) is 176 cm³/mol. The Hall–Kier alpha value is -4.54. The molecule has 13 heteroatoms. The largest absolute Gasteiger partial charge is 0.487 e. The molecule has 0 radical (unpaired) electrons. The monoisotopic (exact) mass is 640 g/mol. The highest BCUT2D eigenvalue weighted by Crippen LogP contribution is 2.36. The van der Waals surface area contributed by atoms with Crippen molar-refractivity contribution in [1.29, 1.82) is 5.26 Å². The fourth-order valence-corrected chi connectivity index (χ4v) is 6.56. The Morgan fingerprint density at radius 3 is 2.38 bits per heavy atom. The summed E-state index contributed by atoms with van der Waals surface area (Å²) in [5.74, 6) is 1.47. The summed E-state index contributed by atoms with van der Waals surface area (Å²) in [5.41, 5.74) is 2.82. The Kier molecular flexibility index (Phi) is 9.98. The molecule has 13 nitrogen and oxygen atoms in total. The van der Waals surface area contributed by atoms with Gasteiger partial charge in [-0.3, -0.25) is 9.58 Å². The van der Waals surface area contributed by atoms with Crippen LogP contribution >= 0.6 is 0 Å². The van der Waals surface area contributed by atoms with E-state index in [1.165, 1.54) is 6.33 Å². The number of morpholine rings is 1. The molecule has 1 aliphatic carbocycles. The maximum Gasteiger partial charge on any atom is 0.257 e. The molecule has 2 fully saturated rings. The van der Waals surface area contributed by atoms with Crippen molar-refractivity contribution in [2.24, 2.45) is 0 Å². The van der Waals surface area contributed by atoms with Crippen molar-refractivity contribution in [3.05, 3.63) is 55.0 Å². The summed E-state index contributed by atoms with van der Waals surface area (Å²) in [6.45, 7) is 12.8. The molecule has 1 N–H and O–H groups in total. The van der Waals surface area contributed by atoms with Crippen LogP contribution in [0, 0.1) is 11.3 Å². The minimum atomic E-state index is -0.225. The molecule has 4 aromatic rings. The molecular formula is C34H44N10O3. The first kappa shape index (κ1) is 32.4. The van der Waals surface area contributed by atoms with Gasteiger partial charge in [-0.15, -0.1) is 5.10 Å². The molecule has 1 saturated heterocycles. The topological polar surface area (TPSA) is 141 Å². The van der Waals surface area contributed by atoms with Crippen LogP contribution in [-0.2, 0) is 11.3 Å². The van der Waals surface area contributed by atoms with Crippen molar-refractivity contribution >= 4 is 11.6 Å². The van der Waals surface area contributed by atoms with Gasteiger partial charge in [-0.25, -0.2) is 19.6 Å². The normalized spacial score (nSPS) is 22.5. The third-order valence-corrected chi connectivity index (χ3v) is 8.62. The average Bonchev–Trinajstić information content (AvgIpc) is 3.70. The number of aromatic nitrogens is 7. The molecule has 47 heavy (non-hydrogen) atoms. The van der Waals surface area contributed by atoms with Crippen LogP contribution in [0.5, 0.6) is 11.6 Å². The van der Waals surface area contributed by atoms with Crippen LogP contribution < -0.4 is 14.8 Å². The van der Waals surface area contributed by atoms with E-state index in [0.717, 1.165) is 55.6 Å². The van der Waals surface area contributed by atoms with Gasteiger partial charge in [0.2, 0.25) is 5.95 Å². The Morgan fingerprint density at radius 1 is 1.00 bits per heavy atom. The van der Waals surface area contributed by atoms with Gasteiger partial charge in [0.1, 0.15) is 36.3 Å². The maximum atomic E-state index is 9.66. The van der Waals surface area contributed by atoms with Gasteiger partial charge in [-0.05, 0) is 78.0 Å². The molecule has 3 aromatic heterocycles. The molecule has 248 valence electrons. The number of ether oxygens (including phenoxy) is 3. The van der Waals surface area contributed by atoms with Gasteiger partial charge in [-0.2, -0.15) is 10.4 Å². The van der Waals surface area contributed by atoms with E-state index >= 15 is 0 Å². The van der Waals surface area contributed by atoms with E-state index in [1.807, 2.05) is 39.1 Å². The zero-order chi connectivity index (χ0) is 32.9. The smallest absolute Gasteiger partial charge is 0.257 e. The Morgan fingerprint density at radius 2 is 1.72 bits per heavy atom. The second kappa shape index (κ2) is 14.5. The van der Waals surface area contributed by atoms with E-state index in [-0.39, 0.29) is 24.4 Å². The predicted octanol–water partition coefficient (Wildman–Crippen LogP) is 5.39. The van der Waals surface area contributed by atoms with Gasteiger partial charge in [0, 0.05) is 37.1 Å². The van der Waals surface area contributed by atoms with Gasteiger partial charge in [0.25, 0.3) is 5.88 Å². The zero-order valence-electron chi connectivity index (χ0n) is 27.8. The van der Waals surface area contributed by atoms with Crippen LogP contribution in [-0.4, -0.2) is 83.0 Å². The van der Waals surface area contributed by atoms with Crippen LogP contribution in [0.4, 0.5) is 11.6 Å². The number of rotatable bonds is 11. The quantitative estimate of drug-likeness (QED) is 0.225. The summed E-state index contributed by atoms with van der Waals surface area (Å²) in [4.78, 5) is 15.8. The summed E-state index contributed by atoms with van der Waals surface area (Å²) < 4.78 is 21.9. The van der Waals surface area contributed by atoms with Crippen molar-refractivity contribution in [2.45, 2.75) is 103 Å². The highest BCUT2D eigenvalue weighted by Gasteiger charge is 2.32. The first-order valence-electron chi connectivity index (χ1n) is 16.5. The van der Waals surface area contributed by atoms with Gasteiger partial charge < -0.3 is 19.5 Å². The van der Waals surface area contributed by atoms with E-state index < -0.39 is 0 Å². The first-order valence-corrected chi connectivity index (χ1v) is 16.5. The lowest BCUT2D eigenvalue weighted by Crippen LogP contribution is -2.51. The summed E-state index contributed by atoms with van der Waals surface area (Å²) >= 11 is 0. The molecule has 0 spiro atoms. The van der Waals surface area contributed by atoms with Gasteiger partial charge in [0.05, 0.1) is 42.7 Å². The number of hydrogen-bond acceptors (Lipinski definition) is 11. The number of nitrogens with zero attached hydrogens (tertiary/aromatic N) is 9. The third-order valence-electron chi connectivity index (χ3n) is 8.62. The van der Waals surface area contributed by atoms with E-state index in [1.54, 1.807) is 29.5 Å². The molecule has 1 aliphatic heterocycles. The molecule has 1 aromatic carbocycles.